The first-order chi connectivity index (χ1) is 3.77. The van der Waals surface area contributed by atoms with E-state index in [1.165, 1.54) is 0 Å². The molecule has 0 aromatic carbocycles. The molecule has 2 N–H and O–H groups in total. The fourth-order valence-electron chi connectivity index (χ4n) is 0.366. The lowest BCUT2D eigenvalue weighted by Crippen LogP contribution is -2.01. The van der Waals surface area contributed by atoms with Crippen LogP contribution in [0.3, 0.4) is 0 Å². The fourth-order valence-corrected chi connectivity index (χ4v) is 0.462. The van der Waals surface area contributed by atoms with Crippen LogP contribution in [0.1, 0.15) is 19.8 Å². The second kappa shape index (κ2) is 4.78. The van der Waals surface area contributed by atoms with Gasteiger partial charge in [-0.2, -0.15) is 0 Å². The Morgan fingerprint density at radius 3 is 2.75 bits per heavy atom. The Bertz CT molecular complexity index is 96.7. The van der Waals surface area contributed by atoms with Crippen molar-refractivity contribution in [3.63, 3.8) is 0 Å². The Hall–Kier alpha value is -0.370. The second-order valence-electron chi connectivity index (χ2n) is 1.59. The van der Waals surface area contributed by atoms with Crippen LogP contribution < -0.4 is 5.73 Å². The van der Waals surface area contributed by atoms with Gasteiger partial charge < -0.3 is 5.73 Å². The van der Waals surface area contributed by atoms with E-state index in [9.17, 15) is 0 Å². The van der Waals surface area contributed by atoms with Gasteiger partial charge >= 0.3 is 0 Å². The van der Waals surface area contributed by atoms with Crippen molar-refractivity contribution in [1.29, 1.82) is 0 Å². The number of thiocarbonyl (C=S) groups is 1. The van der Waals surface area contributed by atoms with E-state index in [1.807, 2.05) is 6.08 Å². The van der Waals surface area contributed by atoms with E-state index in [0.717, 1.165) is 12.8 Å². The molecule has 0 aromatic heterocycles. The quantitative estimate of drug-likeness (QED) is 0.463. The highest BCUT2D eigenvalue weighted by Crippen LogP contribution is 1.86. The van der Waals surface area contributed by atoms with Gasteiger partial charge in [-0.3, -0.25) is 0 Å². The topological polar surface area (TPSA) is 26.0 Å². The van der Waals surface area contributed by atoms with Crippen LogP contribution in [0.15, 0.2) is 12.2 Å². The van der Waals surface area contributed by atoms with E-state index < -0.39 is 0 Å². The number of allylic oxidation sites excluding steroid dienone is 1. The summed E-state index contributed by atoms with van der Waals surface area (Å²) < 4.78 is 0. The minimum absolute atomic E-state index is 0.471. The van der Waals surface area contributed by atoms with Crippen molar-refractivity contribution in [2.45, 2.75) is 19.8 Å². The third kappa shape index (κ3) is 5.63. The van der Waals surface area contributed by atoms with E-state index in [4.69, 9.17) is 5.73 Å². The molecule has 0 spiro atoms. The van der Waals surface area contributed by atoms with Crippen molar-refractivity contribution in [2.75, 3.05) is 0 Å². The number of nitrogens with two attached hydrogens (primary N) is 1. The van der Waals surface area contributed by atoms with Crippen molar-refractivity contribution in [1.82, 2.24) is 0 Å². The zero-order chi connectivity index (χ0) is 6.41. The summed E-state index contributed by atoms with van der Waals surface area (Å²) in [6.07, 6.45) is 5.97. The first kappa shape index (κ1) is 7.63. The molecule has 0 saturated carbocycles. The molecule has 0 saturated heterocycles. The van der Waals surface area contributed by atoms with E-state index >= 15 is 0 Å². The average molecular weight is 129 g/mol. The van der Waals surface area contributed by atoms with E-state index in [2.05, 4.69) is 19.1 Å². The van der Waals surface area contributed by atoms with Crippen LogP contribution in [0.5, 0.6) is 0 Å². The second-order valence-corrected chi connectivity index (χ2v) is 2.06. The Labute approximate surface area is 55.6 Å². The predicted molar refractivity (Wildman–Crippen MR) is 40.8 cm³/mol. The summed E-state index contributed by atoms with van der Waals surface area (Å²) in [6, 6.07) is 0. The smallest absolute Gasteiger partial charge is 0.0958 e. The molecule has 46 valence electrons. The summed E-state index contributed by atoms with van der Waals surface area (Å²) in [7, 11) is 0. The highest BCUT2D eigenvalue weighted by molar-refractivity contribution is 7.80. The Morgan fingerprint density at radius 2 is 2.38 bits per heavy atom. The van der Waals surface area contributed by atoms with Crippen molar-refractivity contribution < 1.29 is 0 Å². The van der Waals surface area contributed by atoms with E-state index in [0.29, 0.717) is 4.99 Å². The van der Waals surface area contributed by atoms with Gasteiger partial charge in [0.2, 0.25) is 0 Å². The maximum Gasteiger partial charge on any atom is 0.0958 e. The lowest BCUT2D eigenvalue weighted by Gasteiger charge is -1.82. The molecule has 0 radical (unpaired) electrons. The van der Waals surface area contributed by atoms with Crippen LogP contribution in [-0.2, 0) is 0 Å². The van der Waals surface area contributed by atoms with Gasteiger partial charge in [0.05, 0.1) is 4.99 Å². The molecule has 0 aliphatic rings. The number of rotatable bonds is 3. The molecule has 0 aromatic rings. The molecule has 0 amide bonds. The normalized spacial score (nSPS) is 10.1. The van der Waals surface area contributed by atoms with Crippen LogP contribution in [0.4, 0.5) is 0 Å². The average Bonchev–Trinajstić information content (AvgIpc) is 1.66. The molecule has 1 nitrogen and oxygen atoms in total. The van der Waals surface area contributed by atoms with Crippen molar-refractivity contribution in [3.8, 4) is 0 Å². The highest BCUT2D eigenvalue weighted by atomic mass is 32.1. The largest absolute Gasteiger partial charge is 0.390 e. The summed E-state index contributed by atoms with van der Waals surface area (Å²) in [4.78, 5) is 0.471. The number of hydrogen-bond acceptors (Lipinski definition) is 1. The van der Waals surface area contributed by atoms with Gasteiger partial charge in [-0.25, -0.2) is 0 Å². The van der Waals surface area contributed by atoms with Gasteiger partial charge in [0.15, 0.2) is 0 Å². The summed E-state index contributed by atoms with van der Waals surface area (Å²) in [5.41, 5.74) is 5.18. The van der Waals surface area contributed by atoms with Gasteiger partial charge in [0, 0.05) is 0 Å². The molecule has 2 heteroatoms. The minimum Gasteiger partial charge on any atom is -0.390 e. The van der Waals surface area contributed by atoms with Crippen molar-refractivity contribution in [2.24, 2.45) is 5.73 Å². The molecule has 0 aliphatic heterocycles. The predicted octanol–water partition coefficient (Wildman–Crippen LogP) is 1.63. The third-order valence-electron chi connectivity index (χ3n) is 0.737. The Morgan fingerprint density at radius 1 is 1.75 bits per heavy atom. The van der Waals surface area contributed by atoms with Crippen LogP contribution >= 0.6 is 12.2 Å². The van der Waals surface area contributed by atoms with Gasteiger partial charge in [0.25, 0.3) is 0 Å². The lowest BCUT2D eigenvalue weighted by atomic mass is 10.3. The van der Waals surface area contributed by atoms with E-state index in [1.54, 1.807) is 6.08 Å². The van der Waals surface area contributed by atoms with E-state index in [-0.39, 0.29) is 0 Å². The lowest BCUT2D eigenvalue weighted by molar-refractivity contribution is 0.959. The van der Waals surface area contributed by atoms with Gasteiger partial charge in [0.1, 0.15) is 0 Å². The Kier molecular flexibility index (Phi) is 4.56. The highest BCUT2D eigenvalue weighted by Gasteiger charge is 1.74. The SMILES string of the molecule is CCC/C=C/C(N)=S. The third-order valence-corrected chi connectivity index (χ3v) is 0.874. The van der Waals surface area contributed by atoms with Crippen LogP contribution in [-0.4, -0.2) is 4.99 Å². The summed E-state index contributed by atoms with van der Waals surface area (Å²) in [5, 5.41) is 0. The van der Waals surface area contributed by atoms with Gasteiger partial charge in [-0.15, -0.1) is 0 Å². The van der Waals surface area contributed by atoms with Crippen LogP contribution in [0.2, 0.25) is 0 Å². The fraction of sp³-hybridized carbons (Fsp3) is 0.500. The molecular formula is C6H11NS. The first-order valence-corrected chi connectivity index (χ1v) is 3.14. The summed E-state index contributed by atoms with van der Waals surface area (Å²) in [6.45, 7) is 2.11. The summed E-state index contributed by atoms with van der Waals surface area (Å²) in [5.74, 6) is 0. The zero-order valence-electron chi connectivity index (χ0n) is 5.05. The molecule has 0 atom stereocenters. The molecular weight excluding hydrogens is 118 g/mol. The molecule has 8 heavy (non-hydrogen) atoms. The van der Waals surface area contributed by atoms with Crippen molar-refractivity contribution >= 4 is 17.2 Å². The van der Waals surface area contributed by atoms with Crippen LogP contribution in [0.25, 0.3) is 0 Å². The molecule has 0 aliphatic carbocycles. The molecule has 0 unspecified atom stereocenters. The van der Waals surface area contributed by atoms with Crippen molar-refractivity contribution in [3.05, 3.63) is 12.2 Å². The Balaban J connectivity index is 3.20. The van der Waals surface area contributed by atoms with Gasteiger partial charge in [-0.1, -0.05) is 31.6 Å². The first-order valence-electron chi connectivity index (χ1n) is 2.73. The molecule has 0 bridgehead atoms. The zero-order valence-corrected chi connectivity index (χ0v) is 5.87. The standard InChI is InChI=1S/C6H11NS/c1-2-3-4-5-6(7)8/h4-5H,2-3H2,1H3,(H2,7,8)/b5-4+. The minimum atomic E-state index is 0.471. The molecule has 0 heterocycles. The molecule has 0 fully saturated rings. The maximum atomic E-state index is 5.18. The van der Waals surface area contributed by atoms with Gasteiger partial charge in [-0.05, 0) is 12.5 Å². The number of hydrogen-bond donors (Lipinski definition) is 1. The number of unbranched alkanes of at least 4 members (excludes halogenated alkanes) is 1. The summed E-state index contributed by atoms with van der Waals surface area (Å²) >= 11 is 4.60. The van der Waals surface area contributed by atoms with Crippen LogP contribution in [0, 0.1) is 0 Å². The monoisotopic (exact) mass is 129 g/mol. The maximum absolute atomic E-state index is 5.18. The molecule has 0 rings (SSSR count).